The largest absolute Gasteiger partial charge is 0.493 e. The van der Waals surface area contributed by atoms with Crippen molar-refractivity contribution >= 4 is 15.9 Å². The molecule has 0 amide bonds. The summed E-state index contributed by atoms with van der Waals surface area (Å²) >= 11 is 3.61. The second kappa shape index (κ2) is 7.30. The molecule has 0 spiro atoms. The Hall–Kier alpha value is -0.540. The molecular weight excluding hydrogens is 302 g/mol. The number of ether oxygens (including phenoxy) is 1. The first-order valence-electron chi connectivity index (χ1n) is 7.35. The summed E-state index contributed by atoms with van der Waals surface area (Å²) in [5.41, 5.74) is 2.73. The zero-order valence-electron chi connectivity index (χ0n) is 12.0. The molecule has 2 rings (SSSR count). The van der Waals surface area contributed by atoms with Crippen molar-refractivity contribution in [2.75, 3.05) is 19.7 Å². The summed E-state index contributed by atoms with van der Waals surface area (Å²) in [5, 5.41) is 3.47. The highest BCUT2D eigenvalue weighted by Gasteiger charge is 2.18. The number of benzene rings is 1. The van der Waals surface area contributed by atoms with E-state index in [1.165, 1.54) is 28.4 Å². The predicted molar refractivity (Wildman–Crippen MR) is 84.0 cm³/mol. The average molecular weight is 326 g/mol. The lowest BCUT2D eigenvalue weighted by Gasteiger charge is -2.15. The molecular formula is C16H24BrNO. The van der Waals surface area contributed by atoms with Gasteiger partial charge in [0.2, 0.25) is 0 Å². The summed E-state index contributed by atoms with van der Waals surface area (Å²) < 4.78 is 6.98. The van der Waals surface area contributed by atoms with Crippen LogP contribution in [0.1, 0.15) is 37.8 Å². The monoisotopic (exact) mass is 325 g/mol. The van der Waals surface area contributed by atoms with Crippen molar-refractivity contribution in [2.24, 2.45) is 5.92 Å². The van der Waals surface area contributed by atoms with Crippen molar-refractivity contribution in [3.63, 3.8) is 0 Å². The van der Waals surface area contributed by atoms with Gasteiger partial charge in [-0.05, 0) is 61.5 Å². The van der Waals surface area contributed by atoms with Crippen LogP contribution in [0.15, 0.2) is 16.6 Å². The zero-order valence-corrected chi connectivity index (χ0v) is 13.6. The molecule has 1 atom stereocenters. The molecule has 1 heterocycles. The fraction of sp³-hybridized carbons (Fsp3) is 0.625. The Labute approximate surface area is 125 Å². The molecule has 1 unspecified atom stereocenters. The third-order valence-corrected chi connectivity index (χ3v) is 4.09. The van der Waals surface area contributed by atoms with Gasteiger partial charge in [0.25, 0.3) is 0 Å². The molecule has 1 aromatic carbocycles. The molecule has 0 aliphatic carbocycles. The van der Waals surface area contributed by atoms with Crippen LogP contribution in [0.25, 0.3) is 0 Å². The van der Waals surface area contributed by atoms with Gasteiger partial charge in [0.1, 0.15) is 5.75 Å². The first-order valence-corrected chi connectivity index (χ1v) is 8.14. The van der Waals surface area contributed by atoms with E-state index in [1.807, 2.05) is 0 Å². The van der Waals surface area contributed by atoms with E-state index in [2.05, 4.69) is 47.2 Å². The van der Waals surface area contributed by atoms with Crippen LogP contribution in [0.2, 0.25) is 0 Å². The van der Waals surface area contributed by atoms with Crippen LogP contribution in [-0.4, -0.2) is 19.7 Å². The fourth-order valence-electron chi connectivity index (χ4n) is 2.63. The quantitative estimate of drug-likeness (QED) is 0.766. The van der Waals surface area contributed by atoms with Crippen LogP contribution < -0.4 is 10.1 Å². The lowest BCUT2D eigenvalue weighted by Crippen LogP contribution is -2.18. The summed E-state index contributed by atoms with van der Waals surface area (Å²) in [5.74, 6) is 1.84. The van der Waals surface area contributed by atoms with Gasteiger partial charge in [-0.25, -0.2) is 0 Å². The van der Waals surface area contributed by atoms with E-state index >= 15 is 0 Å². The van der Waals surface area contributed by atoms with Gasteiger partial charge in [-0.2, -0.15) is 0 Å². The molecule has 0 radical (unpaired) electrons. The van der Waals surface area contributed by atoms with Crippen molar-refractivity contribution in [3.05, 3.63) is 27.7 Å². The van der Waals surface area contributed by atoms with E-state index in [0.29, 0.717) is 5.92 Å². The Kier molecular flexibility index (Phi) is 5.71. The molecule has 0 saturated carbocycles. The highest BCUT2D eigenvalue weighted by molar-refractivity contribution is 9.10. The molecule has 106 valence electrons. The molecule has 1 aliphatic rings. The van der Waals surface area contributed by atoms with E-state index in [-0.39, 0.29) is 0 Å². The Morgan fingerprint density at radius 2 is 2.21 bits per heavy atom. The molecule has 0 aromatic heterocycles. The Morgan fingerprint density at radius 3 is 3.00 bits per heavy atom. The van der Waals surface area contributed by atoms with E-state index in [4.69, 9.17) is 4.74 Å². The average Bonchev–Trinajstić information content (AvgIpc) is 2.82. The maximum absolute atomic E-state index is 5.79. The first-order chi connectivity index (χ1) is 9.20. The first kappa shape index (κ1) is 14.9. The second-order valence-corrected chi connectivity index (χ2v) is 6.42. The summed E-state index contributed by atoms with van der Waals surface area (Å²) in [6, 6.07) is 4.42. The van der Waals surface area contributed by atoms with E-state index in [9.17, 15) is 0 Å². The Balaban J connectivity index is 1.92. The number of hydrogen-bond donors (Lipinski definition) is 1. The summed E-state index contributed by atoms with van der Waals surface area (Å²) in [7, 11) is 0. The van der Waals surface area contributed by atoms with Crippen molar-refractivity contribution in [2.45, 2.75) is 39.5 Å². The second-order valence-electron chi connectivity index (χ2n) is 5.50. The summed E-state index contributed by atoms with van der Waals surface area (Å²) in [6.07, 6.45) is 4.59. The van der Waals surface area contributed by atoms with Crippen molar-refractivity contribution in [1.82, 2.24) is 5.32 Å². The molecule has 0 fully saturated rings. The van der Waals surface area contributed by atoms with Crippen molar-refractivity contribution < 1.29 is 4.74 Å². The standard InChI is InChI=1S/C16H24BrNO/c1-3-6-18-7-4-12(2)9-14-11-15(17)10-13-5-8-19-16(13)14/h10-12,18H,3-9H2,1-2H3. The minimum atomic E-state index is 0.687. The number of fused-ring (bicyclic) bond motifs is 1. The molecule has 3 heteroatoms. The van der Waals surface area contributed by atoms with Crippen molar-refractivity contribution in [3.8, 4) is 5.75 Å². The highest BCUT2D eigenvalue weighted by Crippen LogP contribution is 2.34. The summed E-state index contributed by atoms with van der Waals surface area (Å²) in [6.45, 7) is 7.62. The van der Waals surface area contributed by atoms with Gasteiger partial charge in [0.15, 0.2) is 0 Å². The fourth-order valence-corrected chi connectivity index (χ4v) is 3.18. The molecule has 2 nitrogen and oxygen atoms in total. The van der Waals surface area contributed by atoms with Crippen molar-refractivity contribution in [1.29, 1.82) is 0 Å². The Morgan fingerprint density at radius 1 is 1.37 bits per heavy atom. The van der Waals surface area contributed by atoms with Crippen LogP contribution in [0.3, 0.4) is 0 Å². The van der Waals surface area contributed by atoms with Crippen LogP contribution >= 0.6 is 15.9 Å². The molecule has 0 saturated heterocycles. The molecule has 1 N–H and O–H groups in total. The number of hydrogen-bond acceptors (Lipinski definition) is 2. The van der Waals surface area contributed by atoms with Gasteiger partial charge < -0.3 is 10.1 Å². The topological polar surface area (TPSA) is 21.3 Å². The molecule has 1 aliphatic heterocycles. The highest BCUT2D eigenvalue weighted by atomic mass is 79.9. The lowest BCUT2D eigenvalue weighted by atomic mass is 9.96. The van der Waals surface area contributed by atoms with Gasteiger partial charge in [0, 0.05) is 10.9 Å². The summed E-state index contributed by atoms with van der Waals surface area (Å²) in [4.78, 5) is 0. The SMILES string of the molecule is CCCNCCC(C)Cc1cc(Br)cc2c1OCC2. The van der Waals surface area contributed by atoms with Crippen LogP contribution in [0.4, 0.5) is 0 Å². The zero-order chi connectivity index (χ0) is 13.7. The third-order valence-electron chi connectivity index (χ3n) is 3.63. The van der Waals surface area contributed by atoms with Gasteiger partial charge in [-0.3, -0.25) is 0 Å². The van der Waals surface area contributed by atoms with E-state index in [0.717, 1.165) is 38.3 Å². The normalized spacial score (nSPS) is 15.1. The predicted octanol–water partition coefficient (Wildman–Crippen LogP) is 3.95. The number of rotatable bonds is 7. The maximum atomic E-state index is 5.79. The lowest BCUT2D eigenvalue weighted by molar-refractivity contribution is 0.350. The van der Waals surface area contributed by atoms with Crippen LogP contribution in [0.5, 0.6) is 5.75 Å². The van der Waals surface area contributed by atoms with E-state index < -0.39 is 0 Å². The maximum Gasteiger partial charge on any atom is 0.125 e. The minimum Gasteiger partial charge on any atom is -0.493 e. The van der Waals surface area contributed by atoms with Gasteiger partial charge in [0.05, 0.1) is 6.61 Å². The van der Waals surface area contributed by atoms with Gasteiger partial charge in [-0.1, -0.05) is 29.8 Å². The van der Waals surface area contributed by atoms with Gasteiger partial charge in [-0.15, -0.1) is 0 Å². The smallest absolute Gasteiger partial charge is 0.125 e. The minimum absolute atomic E-state index is 0.687. The van der Waals surface area contributed by atoms with Crippen LogP contribution in [-0.2, 0) is 12.8 Å². The molecule has 1 aromatic rings. The Bertz CT molecular complexity index is 419. The number of nitrogens with one attached hydrogen (secondary N) is 1. The van der Waals surface area contributed by atoms with E-state index in [1.54, 1.807) is 0 Å². The van der Waals surface area contributed by atoms with Gasteiger partial charge >= 0.3 is 0 Å². The number of halogens is 1. The molecule has 0 bridgehead atoms. The van der Waals surface area contributed by atoms with Crippen LogP contribution in [0, 0.1) is 5.92 Å². The third kappa shape index (κ3) is 4.22. The molecule has 19 heavy (non-hydrogen) atoms.